The third-order valence-electron chi connectivity index (χ3n) is 13.6. The van der Waals surface area contributed by atoms with Crippen LogP contribution in [0.3, 0.4) is 0 Å². The Hall–Kier alpha value is -1.58. The summed E-state index contributed by atoms with van der Waals surface area (Å²) in [5.74, 6) is -0.290. The van der Waals surface area contributed by atoms with Gasteiger partial charge in [0.05, 0.1) is 39.9 Å². The largest absolute Gasteiger partial charge is 0.756 e. The van der Waals surface area contributed by atoms with Crippen molar-refractivity contribution in [2.75, 3.05) is 40.9 Å². The monoisotopic (exact) mass is 1020 g/mol. The first-order valence-electron chi connectivity index (χ1n) is 30.1. The van der Waals surface area contributed by atoms with Crippen LogP contribution in [0.25, 0.3) is 0 Å². The molecule has 0 heterocycles. The maximum atomic E-state index is 13.0. The lowest BCUT2D eigenvalue weighted by atomic mass is 10.0. The molecular formula is C61H117N2O7P. The molecule has 4 unspecified atom stereocenters. The number of hydrogen-bond acceptors (Lipinski definition) is 7. The van der Waals surface area contributed by atoms with Gasteiger partial charge in [-0.05, 0) is 83.5 Å². The number of nitrogens with one attached hydrogen (secondary N) is 1. The molecule has 0 radical (unpaired) electrons. The molecule has 0 aromatic rings. The van der Waals surface area contributed by atoms with E-state index in [4.69, 9.17) is 9.05 Å². The first-order chi connectivity index (χ1) is 34.4. The van der Waals surface area contributed by atoms with Crippen molar-refractivity contribution in [3.63, 3.8) is 0 Å². The van der Waals surface area contributed by atoms with Gasteiger partial charge in [0, 0.05) is 6.42 Å². The van der Waals surface area contributed by atoms with Crippen LogP contribution in [-0.4, -0.2) is 79.8 Å². The molecule has 0 saturated heterocycles. The lowest BCUT2D eigenvalue weighted by Gasteiger charge is -2.31. The summed E-state index contributed by atoms with van der Waals surface area (Å²) in [6, 6.07) is -1.10. The molecule has 10 heteroatoms. The number of rotatable bonds is 55. The Morgan fingerprint density at radius 1 is 0.507 bits per heavy atom. The zero-order valence-electron chi connectivity index (χ0n) is 47.3. The first kappa shape index (κ1) is 69.4. The highest BCUT2D eigenvalue weighted by atomic mass is 31.2. The standard InChI is InChI=1S/C61H117N2O7P/c1-6-8-10-12-14-16-18-20-21-22-23-24-25-26-27-28-29-30-31-32-33-34-35-36-37-38-39-40-41-42-44-46-48-50-52-54-60(65)62-58(57-70-71(67,68)69-56-55-63(3,4)5)61(66)59(64)53-51-49-47-45-43-19-17-15-13-11-9-7-2/h15,17-18,20,22-23,45,47,58-59,61,64,66H,6-14,16,19,21,24-44,46,48-57H2,1-5H3,(H-,62,65,67,68)/b17-15+,20-18-,23-22-,47-45+. The lowest BCUT2D eigenvalue weighted by Crippen LogP contribution is -2.51. The molecule has 3 N–H and O–H groups in total. The second-order valence-electron chi connectivity index (χ2n) is 21.8. The molecule has 71 heavy (non-hydrogen) atoms. The number of aliphatic hydroxyl groups excluding tert-OH is 2. The van der Waals surface area contributed by atoms with E-state index in [0.717, 1.165) is 51.4 Å². The number of aliphatic hydroxyl groups is 2. The molecule has 1 amide bonds. The number of quaternary nitrogens is 1. The lowest BCUT2D eigenvalue weighted by molar-refractivity contribution is -0.870. The second kappa shape index (κ2) is 51.9. The van der Waals surface area contributed by atoms with E-state index < -0.39 is 32.7 Å². The molecular weight excluding hydrogens is 904 g/mol. The number of allylic oxidation sites excluding steroid dienone is 8. The average molecular weight is 1020 g/mol. The fourth-order valence-electron chi connectivity index (χ4n) is 8.83. The van der Waals surface area contributed by atoms with Crippen LogP contribution < -0.4 is 10.2 Å². The number of hydrogen-bond donors (Lipinski definition) is 3. The highest BCUT2D eigenvalue weighted by molar-refractivity contribution is 7.45. The van der Waals surface area contributed by atoms with E-state index in [-0.39, 0.29) is 18.9 Å². The Balaban J connectivity index is 4.02. The number of carbonyl (C=O) groups is 1. The molecule has 0 aliphatic heterocycles. The summed E-state index contributed by atoms with van der Waals surface area (Å²) >= 11 is 0. The Morgan fingerprint density at radius 3 is 1.30 bits per heavy atom. The fourth-order valence-corrected chi connectivity index (χ4v) is 9.56. The minimum absolute atomic E-state index is 0.0482. The molecule has 9 nitrogen and oxygen atoms in total. The third kappa shape index (κ3) is 53.1. The zero-order chi connectivity index (χ0) is 52.2. The van der Waals surface area contributed by atoms with Crippen molar-refractivity contribution < 1.29 is 38.0 Å². The summed E-state index contributed by atoms with van der Waals surface area (Å²) in [6.45, 7) is 4.39. The molecule has 0 rings (SSSR count). The van der Waals surface area contributed by atoms with Crippen LogP contribution in [0.5, 0.6) is 0 Å². The van der Waals surface area contributed by atoms with Gasteiger partial charge >= 0.3 is 0 Å². The van der Waals surface area contributed by atoms with Crippen LogP contribution in [-0.2, 0) is 18.4 Å². The van der Waals surface area contributed by atoms with Crippen molar-refractivity contribution in [2.45, 2.75) is 295 Å². The van der Waals surface area contributed by atoms with E-state index in [2.05, 4.69) is 67.8 Å². The predicted molar refractivity (Wildman–Crippen MR) is 304 cm³/mol. The third-order valence-corrected chi connectivity index (χ3v) is 14.6. The van der Waals surface area contributed by atoms with Gasteiger partial charge in [-0.1, -0.05) is 236 Å². The highest BCUT2D eigenvalue weighted by Gasteiger charge is 2.29. The van der Waals surface area contributed by atoms with E-state index in [1.807, 2.05) is 21.1 Å². The Labute approximate surface area is 440 Å². The number of carbonyl (C=O) groups excluding carboxylic acids is 1. The SMILES string of the molecule is CCCCC/C=C/CC/C=C/CCCC(O)C(O)C(COP(=O)([O-])OCC[N+](C)(C)C)NC(=O)CCCCCCCCCCCCCCCCCCCCCCCCC/C=C\C/C=C\CCCCCCC. The number of phosphoric ester groups is 1. The smallest absolute Gasteiger partial charge is 0.268 e. The molecule has 0 aromatic carbocycles. The van der Waals surface area contributed by atoms with Crippen LogP contribution in [0, 0.1) is 0 Å². The van der Waals surface area contributed by atoms with Gasteiger partial charge in [0.2, 0.25) is 5.91 Å². The molecule has 0 aliphatic rings. The fraction of sp³-hybridized carbons (Fsp3) is 0.852. The molecule has 0 aliphatic carbocycles. The topological polar surface area (TPSA) is 128 Å². The maximum Gasteiger partial charge on any atom is 0.268 e. The summed E-state index contributed by atoms with van der Waals surface area (Å²) < 4.78 is 23.2. The van der Waals surface area contributed by atoms with Crippen molar-refractivity contribution in [1.82, 2.24) is 5.32 Å². The van der Waals surface area contributed by atoms with Gasteiger partial charge < -0.3 is 34.0 Å². The van der Waals surface area contributed by atoms with Crippen LogP contribution in [0.2, 0.25) is 0 Å². The summed E-state index contributed by atoms with van der Waals surface area (Å²) in [5.41, 5.74) is 0. The van der Waals surface area contributed by atoms with E-state index in [1.165, 1.54) is 186 Å². The van der Waals surface area contributed by atoms with Crippen LogP contribution in [0.1, 0.15) is 277 Å². The molecule has 0 bridgehead atoms. The van der Waals surface area contributed by atoms with Gasteiger partial charge in [-0.3, -0.25) is 9.36 Å². The first-order valence-corrected chi connectivity index (χ1v) is 31.5. The molecule has 0 fully saturated rings. The summed E-state index contributed by atoms with van der Waals surface area (Å²) in [5, 5.41) is 24.7. The maximum absolute atomic E-state index is 13.0. The van der Waals surface area contributed by atoms with Gasteiger partial charge in [-0.25, -0.2) is 0 Å². The average Bonchev–Trinajstić information content (AvgIpc) is 3.33. The predicted octanol–water partition coefficient (Wildman–Crippen LogP) is 16.7. The minimum Gasteiger partial charge on any atom is -0.756 e. The molecule has 4 atom stereocenters. The Bertz CT molecular complexity index is 1310. The van der Waals surface area contributed by atoms with E-state index in [9.17, 15) is 24.5 Å². The van der Waals surface area contributed by atoms with E-state index in [1.54, 1.807) is 0 Å². The van der Waals surface area contributed by atoms with Crippen LogP contribution >= 0.6 is 7.82 Å². The Kier molecular flexibility index (Phi) is 50.7. The highest BCUT2D eigenvalue weighted by Crippen LogP contribution is 2.38. The van der Waals surface area contributed by atoms with Gasteiger partial charge in [0.1, 0.15) is 19.3 Å². The van der Waals surface area contributed by atoms with Gasteiger partial charge in [0.15, 0.2) is 0 Å². The van der Waals surface area contributed by atoms with Crippen LogP contribution in [0.4, 0.5) is 0 Å². The van der Waals surface area contributed by atoms with Crippen molar-refractivity contribution in [2.24, 2.45) is 0 Å². The van der Waals surface area contributed by atoms with Gasteiger partial charge in [0.25, 0.3) is 7.82 Å². The van der Waals surface area contributed by atoms with E-state index >= 15 is 0 Å². The minimum atomic E-state index is -4.68. The zero-order valence-corrected chi connectivity index (χ0v) is 48.2. The molecule has 0 spiro atoms. The Morgan fingerprint density at radius 2 is 0.859 bits per heavy atom. The second-order valence-corrected chi connectivity index (χ2v) is 23.2. The number of unbranched alkanes of at least 4 members (excludes halogenated alkanes) is 33. The van der Waals surface area contributed by atoms with Crippen molar-refractivity contribution >= 4 is 13.7 Å². The van der Waals surface area contributed by atoms with Crippen molar-refractivity contribution in [3.8, 4) is 0 Å². The van der Waals surface area contributed by atoms with Crippen LogP contribution in [0.15, 0.2) is 48.6 Å². The quantitative estimate of drug-likeness (QED) is 0.0240. The summed E-state index contributed by atoms with van der Waals surface area (Å²) in [7, 11) is 1.10. The number of amides is 1. The van der Waals surface area contributed by atoms with E-state index in [0.29, 0.717) is 30.3 Å². The molecule has 418 valence electrons. The van der Waals surface area contributed by atoms with Gasteiger partial charge in [-0.15, -0.1) is 0 Å². The molecule has 0 aromatic heterocycles. The van der Waals surface area contributed by atoms with Gasteiger partial charge in [-0.2, -0.15) is 0 Å². The molecule has 0 saturated carbocycles. The summed E-state index contributed by atoms with van der Waals surface area (Å²) in [4.78, 5) is 25.5. The number of nitrogens with zero attached hydrogens (tertiary/aromatic N) is 1. The number of likely N-dealkylation sites (N-methyl/N-ethyl adjacent to an activating group) is 1. The normalized spacial score (nSPS) is 14.6. The van der Waals surface area contributed by atoms with Crippen molar-refractivity contribution in [3.05, 3.63) is 48.6 Å². The van der Waals surface area contributed by atoms with Crippen molar-refractivity contribution in [1.29, 1.82) is 0 Å². The number of phosphoric acid groups is 1. The summed E-state index contributed by atoms with van der Waals surface area (Å²) in [6.07, 6.45) is 64.9.